The Kier molecular flexibility index (Phi) is 6.17. The van der Waals surface area contributed by atoms with E-state index in [2.05, 4.69) is 14.9 Å². The molecule has 2 aliphatic heterocycles. The van der Waals surface area contributed by atoms with Gasteiger partial charge in [-0.25, -0.2) is 8.42 Å². The van der Waals surface area contributed by atoms with Crippen molar-refractivity contribution in [3.05, 3.63) is 53.1 Å². The molecule has 30 heavy (non-hydrogen) atoms. The molecule has 0 aliphatic carbocycles. The lowest BCUT2D eigenvalue weighted by molar-refractivity contribution is 0.0793. The summed E-state index contributed by atoms with van der Waals surface area (Å²) in [6.45, 7) is 4.63. The molecule has 0 spiro atoms. The third-order valence-electron chi connectivity index (χ3n) is 5.46. The number of halogens is 1. The number of benzene rings is 2. The van der Waals surface area contributed by atoms with Gasteiger partial charge in [0, 0.05) is 49.9 Å². The number of amides is 1. The second kappa shape index (κ2) is 8.83. The number of likely N-dealkylation sites (tertiary alicyclic amines) is 1. The molecule has 9 heteroatoms. The zero-order valence-electron chi connectivity index (χ0n) is 16.6. The summed E-state index contributed by atoms with van der Waals surface area (Å²) >= 11 is 5.90. The molecular weight excluding hydrogens is 424 g/mol. The molecule has 0 radical (unpaired) electrons. The Bertz CT molecular complexity index is 1020. The van der Waals surface area contributed by atoms with Crippen LogP contribution in [0, 0.1) is 0 Å². The molecule has 2 fully saturated rings. The predicted molar refractivity (Wildman–Crippen MR) is 119 cm³/mol. The molecule has 2 aromatic rings. The van der Waals surface area contributed by atoms with Crippen molar-refractivity contribution in [2.75, 3.05) is 48.9 Å². The van der Waals surface area contributed by atoms with Gasteiger partial charge in [-0.05, 0) is 55.3 Å². The van der Waals surface area contributed by atoms with Crippen molar-refractivity contribution in [2.45, 2.75) is 17.7 Å². The van der Waals surface area contributed by atoms with E-state index in [-0.39, 0.29) is 10.8 Å². The smallest absolute Gasteiger partial charge is 0.261 e. The highest BCUT2D eigenvalue weighted by atomic mass is 35.5. The van der Waals surface area contributed by atoms with Crippen molar-refractivity contribution in [3.8, 4) is 0 Å². The van der Waals surface area contributed by atoms with Crippen molar-refractivity contribution < 1.29 is 13.2 Å². The minimum absolute atomic E-state index is 0.0636. The van der Waals surface area contributed by atoms with E-state index >= 15 is 0 Å². The molecule has 0 bridgehead atoms. The highest BCUT2D eigenvalue weighted by molar-refractivity contribution is 7.92. The Morgan fingerprint density at radius 2 is 1.63 bits per heavy atom. The monoisotopic (exact) mass is 448 g/mol. The number of rotatable bonds is 5. The summed E-state index contributed by atoms with van der Waals surface area (Å²) in [4.78, 5) is 16.9. The van der Waals surface area contributed by atoms with E-state index in [9.17, 15) is 13.2 Å². The fourth-order valence-corrected chi connectivity index (χ4v) is 5.04. The molecule has 7 nitrogen and oxygen atoms in total. The third-order valence-corrected chi connectivity index (χ3v) is 7.10. The van der Waals surface area contributed by atoms with Gasteiger partial charge in [0.05, 0.1) is 16.3 Å². The van der Waals surface area contributed by atoms with E-state index in [0.29, 0.717) is 16.3 Å². The molecule has 0 aromatic heterocycles. The molecule has 2 aromatic carbocycles. The van der Waals surface area contributed by atoms with Crippen LogP contribution in [0.3, 0.4) is 0 Å². The Balaban J connectivity index is 1.69. The second-order valence-electron chi connectivity index (χ2n) is 7.53. The lowest BCUT2D eigenvalue weighted by Crippen LogP contribution is -2.43. The zero-order valence-corrected chi connectivity index (χ0v) is 18.2. The molecule has 160 valence electrons. The molecule has 4 rings (SSSR count). The fourth-order valence-electron chi connectivity index (χ4n) is 3.85. The molecule has 2 heterocycles. The molecule has 1 amide bonds. The Morgan fingerprint density at radius 3 is 2.30 bits per heavy atom. The minimum Gasteiger partial charge on any atom is -0.367 e. The van der Waals surface area contributed by atoms with Crippen LogP contribution in [-0.4, -0.2) is 58.5 Å². The topological polar surface area (TPSA) is 81.8 Å². The molecule has 0 atom stereocenters. The van der Waals surface area contributed by atoms with Gasteiger partial charge in [0.2, 0.25) is 0 Å². The van der Waals surface area contributed by atoms with Gasteiger partial charge in [0.15, 0.2) is 0 Å². The van der Waals surface area contributed by atoms with Gasteiger partial charge in [-0.2, -0.15) is 0 Å². The Morgan fingerprint density at radius 1 is 0.967 bits per heavy atom. The summed E-state index contributed by atoms with van der Waals surface area (Å²) in [5.41, 5.74) is 1.67. The maximum absolute atomic E-state index is 13.0. The van der Waals surface area contributed by atoms with Gasteiger partial charge in [-0.1, -0.05) is 11.6 Å². The first-order chi connectivity index (χ1) is 14.4. The van der Waals surface area contributed by atoms with Gasteiger partial charge >= 0.3 is 0 Å². The number of hydrogen-bond donors (Lipinski definition) is 2. The van der Waals surface area contributed by atoms with Gasteiger partial charge in [-0.15, -0.1) is 0 Å². The summed E-state index contributed by atoms with van der Waals surface area (Å²) in [7, 11) is -3.83. The second-order valence-corrected chi connectivity index (χ2v) is 9.65. The minimum atomic E-state index is -3.83. The molecule has 0 saturated carbocycles. The van der Waals surface area contributed by atoms with Gasteiger partial charge < -0.3 is 15.1 Å². The number of anilines is 2. The van der Waals surface area contributed by atoms with E-state index in [0.717, 1.165) is 57.8 Å². The number of hydrogen-bond acceptors (Lipinski definition) is 5. The lowest BCUT2D eigenvalue weighted by atomic mass is 10.1. The first-order valence-corrected chi connectivity index (χ1v) is 12.0. The van der Waals surface area contributed by atoms with Crippen molar-refractivity contribution in [1.82, 2.24) is 10.2 Å². The molecule has 2 N–H and O–H groups in total. The fraction of sp³-hybridized carbons (Fsp3) is 0.381. The average Bonchev–Trinajstić information content (AvgIpc) is 3.29. The molecular formula is C21H25ClN4O3S. The van der Waals surface area contributed by atoms with Crippen LogP contribution in [0.5, 0.6) is 0 Å². The van der Waals surface area contributed by atoms with Crippen LogP contribution < -0.4 is 14.9 Å². The van der Waals surface area contributed by atoms with E-state index in [1.54, 1.807) is 24.3 Å². The van der Waals surface area contributed by atoms with E-state index < -0.39 is 10.0 Å². The van der Waals surface area contributed by atoms with E-state index in [1.807, 2.05) is 11.0 Å². The average molecular weight is 449 g/mol. The number of nitrogens with one attached hydrogen (secondary N) is 2. The van der Waals surface area contributed by atoms with E-state index in [4.69, 9.17) is 11.6 Å². The Hall–Kier alpha value is -2.29. The first-order valence-electron chi connectivity index (χ1n) is 10.1. The molecule has 0 unspecified atom stereocenters. The van der Waals surface area contributed by atoms with Crippen LogP contribution in [-0.2, 0) is 10.0 Å². The maximum atomic E-state index is 13.0. The van der Waals surface area contributed by atoms with Crippen molar-refractivity contribution in [3.63, 3.8) is 0 Å². The third kappa shape index (κ3) is 4.55. The van der Waals surface area contributed by atoms with Crippen LogP contribution in [0.15, 0.2) is 47.4 Å². The van der Waals surface area contributed by atoms with Crippen molar-refractivity contribution >= 4 is 38.9 Å². The number of nitrogens with zero attached hydrogens (tertiary/aromatic N) is 2. The zero-order chi connectivity index (χ0) is 21.1. The van der Waals surface area contributed by atoms with Crippen LogP contribution in [0.25, 0.3) is 0 Å². The van der Waals surface area contributed by atoms with Gasteiger partial charge in [0.1, 0.15) is 0 Å². The summed E-state index contributed by atoms with van der Waals surface area (Å²) < 4.78 is 28.7. The standard InChI is InChI=1S/C21H25ClN4O3S/c22-17-4-6-18(7-5-17)30(28,29)24-19-15-16(21(27)26-11-1-2-12-26)3-8-20(19)25-13-9-23-10-14-25/h3-8,15,23-24H,1-2,9-14H2. The van der Waals surface area contributed by atoms with Gasteiger partial charge in [-0.3, -0.25) is 9.52 Å². The van der Waals surface area contributed by atoms with Crippen LogP contribution in [0.4, 0.5) is 11.4 Å². The number of carbonyl (C=O) groups excluding carboxylic acids is 1. The van der Waals surface area contributed by atoms with Crippen LogP contribution in [0.2, 0.25) is 5.02 Å². The highest BCUT2D eigenvalue weighted by Crippen LogP contribution is 2.31. The summed E-state index contributed by atoms with van der Waals surface area (Å²) in [5, 5.41) is 3.76. The normalized spacial score (nSPS) is 17.2. The van der Waals surface area contributed by atoms with Crippen LogP contribution >= 0.6 is 11.6 Å². The SMILES string of the molecule is O=C(c1ccc(N2CCNCC2)c(NS(=O)(=O)c2ccc(Cl)cc2)c1)N1CCCC1. The predicted octanol–water partition coefficient (Wildman–Crippen LogP) is 2.79. The van der Waals surface area contributed by atoms with E-state index in [1.165, 1.54) is 12.1 Å². The molecule has 2 saturated heterocycles. The lowest BCUT2D eigenvalue weighted by Gasteiger charge is -2.31. The maximum Gasteiger partial charge on any atom is 0.261 e. The van der Waals surface area contributed by atoms with Crippen LogP contribution in [0.1, 0.15) is 23.2 Å². The summed E-state index contributed by atoms with van der Waals surface area (Å²) in [6, 6.07) is 11.3. The van der Waals surface area contributed by atoms with Gasteiger partial charge in [0.25, 0.3) is 15.9 Å². The van der Waals surface area contributed by atoms with Crippen molar-refractivity contribution in [1.29, 1.82) is 0 Å². The number of carbonyl (C=O) groups is 1. The summed E-state index contributed by atoms with van der Waals surface area (Å²) in [5.74, 6) is -0.0636. The highest BCUT2D eigenvalue weighted by Gasteiger charge is 2.24. The number of piperazine rings is 1. The summed E-state index contributed by atoms with van der Waals surface area (Å²) in [6.07, 6.45) is 2.00. The molecule has 2 aliphatic rings. The number of sulfonamides is 1. The largest absolute Gasteiger partial charge is 0.367 e. The quantitative estimate of drug-likeness (QED) is 0.735. The Labute approximate surface area is 182 Å². The first kappa shape index (κ1) is 21.0. The van der Waals surface area contributed by atoms with Crippen molar-refractivity contribution in [2.24, 2.45) is 0 Å².